The predicted octanol–water partition coefficient (Wildman–Crippen LogP) is 3.78. The van der Waals surface area contributed by atoms with E-state index in [2.05, 4.69) is 61.6 Å². The van der Waals surface area contributed by atoms with Gasteiger partial charge in [-0.1, -0.05) is 48.0 Å². The van der Waals surface area contributed by atoms with Crippen LogP contribution in [0.5, 0.6) is 0 Å². The Kier molecular flexibility index (Phi) is 9.89. The number of piperazine rings is 1. The van der Waals surface area contributed by atoms with Gasteiger partial charge in [-0.15, -0.1) is 24.0 Å². The van der Waals surface area contributed by atoms with Gasteiger partial charge in [0, 0.05) is 57.3 Å². The van der Waals surface area contributed by atoms with E-state index >= 15 is 0 Å². The van der Waals surface area contributed by atoms with E-state index in [1.807, 2.05) is 36.4 Å². The molecule has 1 saturated heterocycles. The third-order valence-corrected chi connectivity index (χ3v) is 5.50. The molecule has 3 aromatic rings. The summed E-state index contributed by atoms with van der Waals surface area (Å²) >= 11 is 0. The highest BCUT2D eigenvalue weighted by Gasteiger charge is 2.18. The van der Waals surface area contributed by atoms with Crippen molar-refractivity contribution in [3.63, 3.8) is 0 Å². The highest BCUT2D eigenvalue weighted by molar-refractivity contribution is 14.0. The van der Waals surface area contributed by atoms with Crippen molar-refractivity contribution >= 4 is 41.6 Å². The fourth-order valence-corrected chi connectivity index (χ4v) is 3.62. The number of nitrogens with zero attached hydrogens (tertiary/aromatic N) is 5. The van der Waals surface area contributed by atoms with Crippen LogP contribution in [-0.4, -0.2) is 60.1 Å². The first kappa shape index (κ1) is 24.9. The molecule has 1 aromatic heterocycles. The highest BCUT2D eigenvalue weighted by Crippen LogP contribution is 2.10. The van der Waals surface area contributed by atoms with Gasteiger partial charge in [0.05, 0.1) is 6.54 Å². The zero-order chi connectivity index (χ0) is 22.0. The van der Waals surface area contributed by atoms with Gasteiger partial charge >= 0.3 is 0 Å². The second kappa shape index (κ2) is 13.1. The minimum absolute atomic E-state index is 0. The first-order valence-corrected chi connectivity index (χ1v) is 11.2. The number of aromatic nitrogens is 2. The van der Waals surface area contributed by atoms with Gasteiger partial charge in [0.15, 0.2) is 5.96 Å². The number of hydrogen-bond acceptors (Lipinski definition) is 5. The van der Waals surface area contributed by atoms with E-state index in [9.17, 15) is 0 Å². The van der Waals surface area contributed by atoms with E-state index in [-0.39, 0.29) is 24.0 Å². The summed E-state index contributed by atoms with van der Waals surface area (Å²) in [5, 5.41) is 6.92. The molecule has 1 aliphatic heterocycles. The average molecular weight is 557 g/mol. The lowest BCUT2D eigenvalue weighted by Crippen LogP contribution is -2.49. The van der Waals surface area contributed by atoms with Crippen LogP contribution in [0.25, 0.3) is 0 Å². The maximum Gasteiger partial charge on any atom is 0.225 e. The molecule has 8 heteroatoms. The highest BCUT2D eigenvalue weighted by atomic mass is 127. The van der Waals surface area contributed by atoms with E-state index in [4.69, 9.17) is 4.99 Å². The van der Waals surface area contributed by atoms with Crippen molar-refractivity contribution in [1.82, 2.24) is 20.2 Å². The van der Waals surface area contributed by atoms with Crippen LogP contribution in [0.4, 0.5) is 11.6 Å². The molecule has 0 radical (unpaired) electrons. The zero-order valence-electron chi connectivity index (χ0n) is 19.0. The fraction of sp³-hybridized carbons (Fsp3) is 0.320. The van der Waals surface area contributed by atoms with Crippen molar-refractivity contribution in [2.24, 2.45) is 4.99 Å². The second-order valence-corrected chi connectivity index (χ2v) is 7.95. The topological polar surface area (TPSA) is 68.7 Å². The lowest BCUT2D eigenvalue weighted by atomic mass is 10.1. The van der Waals surface area contributed by atoms with Crippen molar-refractivity contribution in [3.8, 4) is 0 Å². The number of halogens is 1. The molecule has 174 valence electrons. The van der Waals surface area contributed by atoms with Gasteiger partial charge in [-0.05, 0) is 30.7 Å². The molecule has 33 heavy (non-hydrogen) atoms. The summed E-state index contributed by atoms with van der Waals surface area (Å²) in [6.07, 6.45) is 3.60. The molecule has 1 aliphatic rings. The number of aliphatic imine (C=N–C) groups is 1. The average Bonchev–Trinajstić information content (AvgIpc) is 2.85. The van der Waals surface area contributed by atoms with Crippen molar-refractivity contribution in [3.05, 3.63) is 84.2 Å². The van der Waals surface area contributed by atoms with Crippen LogP contribution in [0, 0.1) is 6.92 Å². The number of rotatable bonds is 7. The van der Waals surface area contributed by atoms with Gasteiger partial charge in [0.2, 0.25) is 5.95 Å². The third-order valence-electron chi connectivity index (χ3n) is 5.50. The third kappa shape index (κ3) is 7.97. The van der Waals surface area contributed by atoms with Crippen LogP contribution in [0.2, 0.25) is 0 Å². The number of anilines is 2. The molecule has 4 rings (SSSR count). The standard InChI is InChI=1S/C25H31N7.HI/c1-21-8-10-22(11-9-21)20-29-24(30-23-6-3-2-4-7-23)26-14-15-31-16-18-32(19-17-31)25-27-12-5-13-28-25;/h2-13H,14-20H2,1H3,(H2,26,29,30);1H. The Morgan fingerprint density at radius 1 is 0.909 bits per heavy atom. The molecule has 2 aromatic carbocycles. The van der Waals surface area contributed by atoms with Gasteiger partial charge in [0.1, 0.15) is 0 Å². The van der Waals surface area contributed by atoms with Crippen molar-refractivity contribution in [2.45, 2.75) is 13.5 Å². The Hall–Kier alpha value is -2.72. The number of benzene rings is 2. The van der Waals surface area contributed by atoms with Gasteiger partial charge in [-0.2, -0.15) is 0 Å². The van der Waals surface area contributed by atoms with Gasteiger partial charge in [-0.3, -0.25) is 4.90 Å². The Labute approximate surface area is 213 Å². The Bertz CT molecular complexity index is 973. The summed E-state index contributed by atoms with van der Waals surface area (Å²) in [7, 11) is 0. The maximum absolute atomic E-state index is 4.80. The molecule has 0 unspecified atom stereocenters. The van der Waals surface area contributed by atoms with E-state index < -0.39 is 0 Å². The van der Waals surface area contributed by atoms with Crippen LogP contribution in [0.1, 0.15) is 11.1 Å². The lowest BCUT2D eigenvalue weighted by molar-refractivity contribution is 0.260. The zero-order valence-corrected chi connectivity index (χ0v) is 21.4. The minimum Gasteiger partial charge on any atom is -0.355 e. The van der Waals surface area contributed by atoms with Crippen LogP contribution < -0.4 is 15.5 Å². The quantitative estimate of drug-likeness (QED) is 0.262. The predicted molar refractivity (Wildman–Crippen MR) is 146 cm³/mol. The van der Waals surface area contributed by atoms with Gasteiger partial charge in [-0.25, -0.2) is 15.0 Å². The summed E-state index contributed by atoms with van der Waals surface area (Å²) in [6, 6.07) is 20.5. The van der Waals surface area contributed by atoms with Crippen molar-refractivity contribution in [1.29, 1.82) is 0 Å². The Morgan fingerprint density at radius 2 is 1.61 bits per heavy atom. The molecule has 0 spiro atoms. The molecule has 0 bridgehead atoms. The second-order valence-electron chi connectivity index (χ2n) is 7.95. The molecule has 2 heterocycles. The first-order chi connectivity index (χ1) is 15.8. The largest absolute Gasteiger partial charge is 0.355 e. The number of aryl methyl sites for hydroxylation is 1. The van der Waals surface area contributed by atoms with E-state index in [1.165, 1.54) is 11.1 Å². The fourth-order valence-electron chi connectivity index (χ4n) is 3.62. The smallest absolute Gasteiger partial charge is 0.225 e. The molecule has 0 amide bonds. The molecule has 2 N–H and O–H groups in total. The minimum atomic E-state index is 0. The van der Waals surface area contributed by atoms with E-state index in [0.717, 1.165) is 56.9 Å². The maximum atomic E-state index is 4.80. The Morgan fingerprint density at radius 3 is 2.30 bits per heavy atom. The van der Waals surface area contributed by atoms with Crippen LogP contribution in [0.15, 0.2) is 78.0 Å². The number of para-hydroxylation sites is 1. The van der Waals surface area contributed by atoms with Crippen LogP contribution in [-0.2, 0) is 6.54 Å². The summed E-state index contributed by atoms with van der Waals surface area (Å²) < 4.78 is 0. The monoisotopic (exact) mass is 557 g/mol. The molecule has 7 nitrogen and oxygen atoms in total. The number of hydrogen-bond donors (Lipinski definition) is 2. The van der Waals surface area contributed by atoms with Crippen LogP contribution in [0.3, 0.4) is 0 Å². The molecule has 0 atom stereocenters. The molecule has 0 saturated carbocycles. The summed E-state index contributed by atoms with van der Waals surface area (Å²) in [5.74, 6) is 1.62. The Balaban J connectivity index is 0.00000306. The molecule has 0 aliphatic carbocycles. The van der Waals surface area contributed by atoms with Gasteiger partial charge < -0.3 is 15.5 Å². The van der Waals surface area contributed by atoms with E-state index in [1.54, 1.807) is 12.4 Å². The number of guanidine groups is 1. The van der Waals surface area contributed by atoms with Crippen molar-refractivity contribution < 1.29 is 0 Å². The SMILES string of the molecule is Cc1ccc(CN=C(NCCN2CCN(c3ncccn3)CC2)Nc2ccccc2)cc1.I. The molecular weight excluding hydrogens is 525 g/mol. The van der Waals surface area contributed by atoms with E-state index in [0.29, 0.717) is 6.54 Å². The summed E-state index contributed by atoms with van der Waals surface area (Å²) in [5.41, 5.74) is 3.49. The number of nitrogens with one attached hydrogen (secondary N) is 2. The lowest BCUT2D eigenvalue weighted by Gasteiger charge is -2.34. The molecule has 1 fully saturated rings. The summed E-state index contributed by atoms with van der Waals surface area (Å²) in [4.78, 5) is 18.2. The normalized spacial score (nSPS) is 14.5. The molecular formula is C25H32IN7. The van der Waals surface area contributed by atoms with Gasteiger partial charge in [0.25, 0.3) is 0 Å². The first-order valence-electron chi connectivity index (χ1n) is 11.2. The summed E-state index contributed by atoms with van der Waals surface area (Å²) in [6.45, 7) is 8.42. The van der Waals surface area contributed by atoms with Crippen LogP contribution >= 0.6 is 24.0 Å². The van der Waals surface area contributed by atoms with Crippen molar-refractivity contribution in [2.75, 3.05) is 49.5 Å².